The Labute approximate surface area is 60.2 Å². The van der Waals surface area contributed by atoms with Gasteiger partial charge in [0.25, 0.3) is 0 Å². The molecule has 2 spiro atoms. The number of aliphatic hydroxyl groups is 1. The van der Waals surface area contributed by atoms with Gasteiger partial charge in [0, 0.05) is 6.42 Å². The minimum absolute atomic E-state index is 0.0451. The summed E-state index contributed by atoms with van der Waals surface area (Å²) in [5.41, 5.74) is 0.216. The number of rotatable bonds is 0. The lowest BCUT2D eigenvalue weighted by atomic mass is 10.1. The van der Waals surface area contributed by atoms with E-state index in [1.807, 2.05) is 0 Å². The third-order valence-corrected chi connectivity index (χ3v) is 3.22. The van der Waals surface area contributed by atoms with Crippen molar-refractivity contribution in [3.63, 3.8) is 0 Å². The molecule has 56 valence electrons. The zero-order chi connectivity index (χ0) is 6.82. The molecule has 0 amide bonds. The molecule has 0 aromatic carbocycles. The Balaban J connectivity index is 1.83. The molecular weight excluding hydrogens is 128 g/mol. The minimum Gasteiger partial charge on any atom is -0.390 e. The Morgan fingerprint density at radius 2 is 1.80 bits per heavy atom. The number of aliphatic hydroxyl groups excluding tert-OH is 1. The highest BCUT2D eigenvalue weighted by atomic mass is 16.6. The van der Waals surface area contributed by atoms with Gasteiger partial charge in [0.05, 0.1) is 17.3 Å². The average Bonchev–Trinajstić information content (AvgIpc) is 2.68. The van der Waals surface area contributed by atoms with Crippen molar-refractivity contribution in [2.75, 3.05) is 0 Å². The van der Waals surface area contributed by atoms with E-state index in [0.717, 1.165) is 12.8 Å². The van der Waals surface area contributed by atoms with Gasteiger partial charge in [0.15, 0.2) is 0 Å². The van der Waals surface area contributed by atoms with Gasteiger partial charge in [-0.05, 0) is 25.7 Å². The first kappa shape index (κ1) is 5.56. The van der Waals surface area contributed by atoms with E-state index in [0.29, 0.717) is 0 Å². The smallest absolute Gasteiger partial charge is 0.0975 e. The van der Waals surface area contributed by atoms with Crippen molar-refractivity contribution in [3.05, 3.63) is 0 Å². The summed E-state index contributed by atoms with van der Waals surface area (Å²) in [5, 5.41) is 9.25. The maximum atomic E-state index is 9.25. The molecule has 3 fully saturated rings. The lowest BCUT2D eigenvalue weighted by Gasteiger charge is -2.09. The van der Waals surface area contributed by atoms with Gasteiger partial charge in [-0.15, -0.1) is 0 Å². The molecule has 2 saturated carbocycles. The van der Waals surface area contributed by atoms with E-state index in [1.165, 1.54) is 19.3 Å². The third-order valence-electron chi connectivity index (χ3n) is 3.22. The molecule has 2 aliphatic carbocycles. The molecule has 0 radical (unpaired) electrons. The Bertz CT molecular complexity index is 186. The van der Waals surface area contributed by atoms with Crippen molar-refractivity contribution in [2.24, 2.45) is 0 Å². The highest BCUT2D eigenvalue weighted by Gasteiger charge is 2.66. The SMILES string of the molecule is O[C@@H]1C[C@@]12CCC1(CC1)O2. The molecule has 2 nitrogen and oxygen atoms in total. The molecule has 1 heterocycles. The highest BCUT2D eigenvalue weighted by Crippen LogP contribution is 2.61. The quantitative estimate of drug-likeness (QED) is 0.540. The monoisotopic (exact) mass is 140 g/mol. The average molecular weight is 140 g/mol. The van der Waals surface area contributed by atoms with Crippen LogP contribution in [0.25, 0.3) is 0 Å². The summed E-state index contributed by atoms with van der Waals surface area (Å²) in [6, 6.07) is 0. The van der Waals surface area contributed by atoms with E-state index in [-0.39, 0.29) is 17.3 Å². The molecule has 1 aliphatic heterocycles. The highest BCUT2D eigenvalue weighted by molar-refractivity contribution is 5.16. The van der Waals surface area contributed by atoms with Crippen molar-refractivity contribution in [1.82, 2.24) is 0 Å². The van der Waals surface area contributed by atoms with Crippen molar-refractivity contribution in [2.45, 2.75) is 49.4 Å². The topological polar surface area (TPSA) is 29.5 Å². The molecule has 1 N–H and O–H groups in total. The molecular formula is C8H12O2. The van der Waals surface area contributed by atoms with Gasteiger partial charge in [-0.3, -0.25) is 0 Å². The van der Waals surface area contributed by atoms with Crippen molar-refractivity contribution in [1.29, 1.82) is 0 Å². The van der Waals surface area contributed by atoms with Crippen LogP contribution in [0.5, 0.6) is 0 Å². The second-order valence-electron chi connectivity index (χ2n) is 4.07. The fourth-order valence-electron chi connectivity index (χ4n) is 2.11. The van der Waals surface area contributed by atoms with Crippen LogP contribution >= 0.6 is 0 Å². The summed E-state index contributed by atoms with van der Waals surface area (Å²) < 4.78 is 5.82. The van der Waals surface area contributed by atoms with Gasteiger partial charge in [-0.1, -0.05) is 0 Å². The Kier molecular flexibility index (Phi) is 0.710. The van der Waals surface area contributed by atoms with Crippen LogP contribution in [0.4, 0.5) is 0 Å². The van der Waals surface area contributed by atoms with Crippen molar-refractivity contribution < 1.29 is 9.84 Å². The predicted molar refractivity (Wildman–Crippen MR) is 35.6 cm³/mol. The standard InChI is InChI=1S/C8H12O2/c9-6-5-8(6)4-3-7(10-8)1-2-7/h6,9H,1-5H2/t6-,8+/m1/s1. The van der Waals surface area contributed by atoms with Crippen LogP contribution in [-0.4, -0.2) is 22.4 Å². The van der Waals surface area contributed by atoms with Gasteiger partial charge in [-0.2, -0.15) is 0 Å². The predicted octanol–water partition coefficient (Wildman–Crippen LogP) is 0.833. The Morgan fingerprint density at radius 3 is 2.10 bits per heavy atom. The first-order chi connectivity index (χ1) is 4.75. The molecule has 0 aromatic heterocycles. The van der Waals surface area contributed by atoms with E-state index >= 15 is 0 Å². The van der Waals surface area contributed by atoms with Crippen LogP contribution in [0.2, 0.25) is 0 Å². The number of hydrogen-bond donors (Lipinski definition) is 1. The van der Waals surface area contributed by atoms with Gasteiger partial charge < -0.3 is 9.84 Å². The first-order valence-electron chi connectivity index (χ1n) is 4.13. The fourth-order valence-corrected chi connectivity index (χ4v) is 2.11. The maximum Gasteiger partial charge on any atom is 0.0975 e. The van der Waals surface area contributed by atoms with Crippen molar-refractivity contribution in [3.8, 4) is 0 Å². The van der Waals surface area contributed by atoms with Crippen LogP contribution in [-0.2, 0) is 4.74 Å². The van der Waals surface area contributed by atoms with Gasteiger partial charge >= 0.3 is 0 Å². The molecule has 2 heteroatoms. The summed E-state index contributed by atoms with van der Waals surface area (Å²) in [4.78, 5) is 0. The van der Waals surface area contributed by atoms with Gasteiger partial charge in [0.1, 0.15) is 0 Å². The second kappa shape index (κ2) is 1.28. The summed E-state index contributed by atoms with van der Waals surface area (Å²) >= 11 is 0. The molecule has 10 heavy (non-hydrogen) atoms. The zero-order valence-electron chi connectivity index (χ0n) is 5.97. The number of hydrogen-bond acceptors (Lipinski definition) is 2. The van der Waals surface area contributed by atoms with Crippen LogP contribution in [0.1, 0.15) is 32.1 Å². The molecule has 0 aromatic rings. The summed E-state index contributed by atoms with van der Waals surface area (Å²) in [5.74, 6) is 0. The van der Waals surface area contributed by atoms with Gasteiger partial charge in [0.2, 0.25) is 0 Å². The Morgan fingerprint density at radius 1 is 1.20 bits per heavy atom. The molecule has 0 bridgehead atoms. The van der Waals surface area contributed by atoms with E-state index in [4.69, 9.17) is 4.74 Å². The molecule has 0 unspecified atom stereocenters. The van der Waals surface area contributed by atoms with Crippen LogP contribution < -0.4 is 0 Å². The molecule has 3 rings (SSSR count). The molecule has 1 saturated heterocycles. The first-order valence-corrected chi connectivity index (χ1v) is 4.13. The van der Waals surface area contributed by atoms with Crippen molar-refractivity contribution >= 4 is 0 Å². The lowest BCUT2D eigenvalue weighted by molar-refractivity contribution is -0.0140. The van der Waals surface area contributed by atoms with Crippen LogP contribution in [0, 0.1) is 0 Å². The molecule has 3 aliphatic rings. The van der Waals surface area contributed by atoms with Crippen LogP contribution in [0.15, 0.2) is 0 Å². The maximum absolute atomic E-state index is 9.25. The summed E-state index contributed by atoms with van der Waals surface area (Å²) in [6.45, 7) is 0. The normalized spacial score (nSPS) is 54.3. The van der Waals surface area contributed by atoms with E-state index in [1.54, 1.807) is 0 Å². The molecule has 2 atom stereocenters. The summed E-state index contributed by atoms with van der Waals surface area (Å²) in [6.07, 6.45) is 5.54. The summed E-state index contributed by atoms with van der Waals surface area (Å²) in [7, 11) is 0. The Hall–Kier alpha value is -0.0800. The second-order valence-corrected chi connectivity index (χ2v) is 4.07. The van der Waals surface area contributed by atoms with E-state index in [2.05, 4.69) is 0 Å². The number of ether oxygens (including phenoxy) is 1. The van der Waals surface area contributed by atoms with E-state index < -0.39 is 0 Å². The van der Waals surface area contributed by atoms with E-state index in [9.17, 15) is 5.11 Å². The third kappa shape index (κ3) is 0.523. The van der Waals surface area contributed by atoms with Gasteiger partial charge in [-0.25, -0.2) is 0 Å². The van der Waals surface area contributed by atoms with Crippen LogP contribution in [0.3, 0.4) is 0 Å². The lowest BCUT2D eigenvalue weighted by Crippen LogP contribution is -2.16. The largest absolute Gasteiger partial charge is 0.390 e. The zero-order valence-corrected chi connectivity index (χ0v) is 5.97. The minimum atomic E-state index is -0.132. The fraction of sp³-hybridized carbons (Fsp3) is 1.00.